The lowest BCUT2D eigenvalue weighted by Crippen LogP contribution is -2.08. The Morgan fingerprint density at radius 1 is 0.763 bits per heavy atom. The Kier molecular flexibility index (Phi) is 10.1. The topological polar surface area (TPSA) is 64.4 Å². The number of aromatic nitrogens is 2. The van der Waals surface area contributed by atoms with Crippen LogP contribution < -0.4 is 4.74 Å². The van der Waals surface area contributed by atoms with Crippen LogP contribution >= 0.6 is 0 Å². The van der Waals surface area contributed by atoms with Crippen molar-refractivity contribution in [3.8, 4) is 34.2 Å². The molecule has 0 aliphatic carbocycles. The van der Waals surface area contributed by atoms with Crippen LogP contribution in [0, 0.1) is 5.92 Å². The van der Waals surface area contributed by atoms with Crippen molar-refractivity contribution in [2.24, 2.45) is 5.92 Å². The summed E-state index contributed by atoms with van der Waals surface area (Å²) in [7, 11) is 0. The van der Waals surface area contributed by atoms with E-state index in [-0.39, 0.29) is 5.92 Å². The van der Waals surface area contributed by atoms with E-state index in [0.29, 0.717) is 12.6 Å². The van der Waals surface area contributed by atoms with Crippen molar-refractivity contribution in [3.05, 3.63) is 91.0 Å². The SMILES string of the molecule is CC(CCCCCCCCCOc1nc(-c2ccccc2)c(-c2ccccc2)n1-c1ccccc1)C(=O)O. The van der Waals surface area contributed by atoms with Gasteiger partial charge in [0.25, 0.3) is 0 Å². The fraction of sp³-hybridized carbons (Fsp3) is 0.333. The first kappa shape index (κ1) is 27.2. The Hall–Kier alpha value is -3.86. The van der Waals surface area contributed by atoms with Crippen LogP contribution in [-0.2, 0) is 4.79 Å². The molecule has 0 bridgehead atoms. The van der Waals surface area contributed by atoms with E-state index in [1.807, 2.05) is 42.5 Å². The molecule has 1 atom stereocenters. The number of carboxylic acid groups (broad SMARTS) is 1. The fourth-order valence-electron chi connectivity index (χ4n) is 4.70. The zero-order chi connectivity index (χ0) is 26.6. The third-order valence-corrected chi connectivity index (χ3v) is 6.89. The van der Waals surface area contributed by atoms with E-state index >= 15 is 0 Å². The summed E-state index contributed by atoms with van der Waals surface area (Å²) >= 11 is 0. The number of ether oxygens (including phenoxy) is 1. The van der Waals surface area contributed by atoms with Gasteiger partial charge >= 0.3 is 12.0 Å². The normalized spacial score (nSPS) is 11.8. The standard InChI is InChI=1S/C33H38N2O3/c1-26(32(36)37)18-10-5-3-2-4-6-17-25-38-33-34-30(27-19-11-7-12-20-27)31(28-21-13-8-14-22-28)35(33)29-23-15-9-16-24-29/h7-9,11-16,19-24,26H,2-6,10,17-18,25H2,1H3,(H,36,37). The van der Waals surface area contributed by atoms with Gasteiger partial charge in [-0.1, -0.05) is 124 Å². The lowest BCUT2D eigenvalue weighted by atomic mass is 10.0. The molecule has 38 heavy (non-hydrogen) atoms. The number of aliphatic carboxylic acids is 1. The fourth-order valence-corrected chi connectivity index (χ4v) is 4.70. The molecule has 0 saturated heterocycles. The summed E-state index contributed by atoms with van der Waals surface area (Å²) in [4.78, 5) is 15.9. The van der Waals surface area contributed by atoms with Crippen molar-refractivity contribution in [2.45, 2.75) is 58.3 Å². The Morgan fingerprint density at radius 2 is 1.29 bits per heavy atom. The van der Waals surface area contributed by atoms with E-state index in [4.69, 9.17) is 14.8 Å². The van der Waals surface area contributed by atoms with E-state index in [9.17, 15) is 4.79 Å². The van der Waals surface area contributed by atoms with Gasteiger partial charge in [0, 0.05) is 11.1 Å². The highest BCUT2D eigenvalue weighted by Crippen LogP contribution is 2.37. The van der Waals surface area contributed by atoms with E-state index in [0.717, 1.165) is 73.1 Å². The second-order valence-corrected chi connectivity index (χ2v) is 9.85. The number of imidazole rings is 1. The average molecular weight is 511 g/mol. The van der Waals surface area contributed by atoms with E-state index in [1.165, 1.54) is 6.42 Å². The maximum atomic E-state index is 10.9. The predicted molar refractivity (Wildman–Crippen MR) is 154 cm³/mol. The molecule has 1 N–H and O–H groups in total. The van der Waals surface area contributed by atoms with Crippen molar-refractivity contribution in [3.63, 3.8) is 0 Å². The number of para-hydroxylation sites is 1. The Morgan fingerprint density at radius 3 is 1.89 bits per heavy atom. The first-order valence-corrected chi connectivity index (χ1v) is 13.8. The molecule has 3 aromatic carbocycles. The Bertz CT molecular complexity index is 1250. The van der Waals surface area contributed by atoms with Gasteiger partial charge in [0.05, 0.1) is 23.9 Å². The molecular weight excluding hydrogens is 472 g/mol. The van der Waals surface area contributed by atoms with Crippen LogP contribution in [-0.4, -0.2) is 27.2 Å². The number of hydrogen-bond acceptors (Lipinski definition) is 3. The molecule has 1 heterocycles. The van der Waals surface area contributed by atoms with Gasteiger partial charge in [-0.25, -0.2) is 0 Å². The summed E-state index contributed by atoms with van der Waals surface area (Å²) in [6.07, 6.45) is 8.44. The molecule has 0 aliphatic rings. The molecule has 0 saturated carbocycles. The van der Waals surface area contributed by atoms with Crippen LogP contribution in [0.5, 0.6) is 6.01 Å². The molecule has 0 amide bonds. The van der Waals surface area contributed by atoms with Gasteiger partial charge in [0.2, 0.25) is 0 Å². The van der Waals surface area contributed by atoms with Crippen LogP contribution in [0.4, 0.5) is 0 Å². The number of hydrogen-bond donors (Lipinski definition) is 1. The van der Waals surface area contributed by atoms with Crippen molar-refractivity contribution in [2.75, 3.05) is 6.61 Å². The number of carboxylic acids is 1. The predicted octanol–water partition coefficient (Wildman–Crippen LogP) is 8.43. The van der Waals surface area contributed by atoms with Gasteiger partial charge in [-0.3, -0.25) is 9.36 Å². The number of rotatable bonds is 15. The second-order valence-electron chi connectivity index (χ2n) is 9.85. The van der Waals surface area contributed by atoms with Crippen LogP contribution in [0.15, 0.2) is 91.0 Å². The third-order valence-electron chi connectivity index (χ3n) is 6.89. The van der Waals surface area contributed by atoms with E-state index < -0.39 is 5.97 Å². The second kappa shape index (κ2) is 14.2. The van der Waals surface area contributed by atoms with Gasteiger partial charge in [0.1, 0.15) is 5.69 Å². The summed E-state index contributed by atoms with van der Waals surface area (Å²) in [6, 6.07) is 31.6. The van der Waals surface area contributed by atoms with Crippen molar-refractivity contribution < 1.29 is 14.6 Å². The van der Waals surface area contributed by atoms with Crippen LogP contribution in [0.1, 0.15) is 58.3 Å². The van der Waals surface area contributed by atoms with Crippen LogP contribution in [0.2, 0.25) is 0 Å². The average Bonchev–Trinajstić information content (AvgIpc) is 3.34. The maximum Gasteiger partial charge on any atom is 0.306 e. The Balaban J connectivity index is 1.42. The number of benzene rings is 3. The molecular formula is C33H38N2O3. The van der Waals surface area contributed by atoms with Gasteiger partial charge in [-0.2, -0.15) is 4.98 Å². The Labute approximate surface area is 226 Å². The molecule has 0 spiro atoms. The third kappa shape index (κ3) is 7.34. The van der Waals surface area contributed by atoms with E-state index in [1.54, 1.807) is 6.92 Å². The summed E-state index contributed by atoms with van der Waals surface area (Å²) in [5, 5.41) is 8.98. The summed E-state index contributed by atoms with van der Waals surface area (Å²) in [6.45, 7) is 2.40. The largest absolute Gasteiger partial charge is 0.481 e. The lowest BCUT2D eigenvalue weighted by molar-refractivity contribution is -0.141. The number of unbranched alkanes of at least 4 members (excludes halogenated alkanes) is 6. The highest BCUT2D eigenvalue weighted by molar-refractivity contribution is 5.81. The van der Waals surface area contributed by atoms with E-state index in [2.05, 4.69) is 53.1 Å². The van der Waals surface area contributed by atoms with Gasteiger partial charge < -0.3 is 9.84 Å². The maximum absolute atomic E-state index is 10.9. The molecule has 5 nitrogen and oxygen atoms in total. The molecule has 198 valence electrons. The summed E-state index contributed by atoms with van der Waals surface area (Å²) in [5.41, 5.74) is 5.11. The minimum Gasteiger partial charge on any atom is -0.481 e. The van der Waals surface area contributed by atoms with Gasteiger partial charge in [0.15, 0.2) is 0 Å². The molecule has 0 aliphatic heterocycles. The van der Waals surface area contributed by atoms with Crippen molar-refractivity contribution >= 4 is 5.97 Å². The monoisotopic (exact) mass is 510 g/mol. The summed E-state index contributed by atoms with van der Waals surface area (Å²) in [5.74, 6) is -0.926. The zero-order valence-corrected chi connectivity index (χ0v) is 22.3. The van der Waals surface area contributed by atoms with Crippen molar-refractivity contribution in [1.29, 1.82) is 0 Å². The molecule has 0 radical (unpaired) electrons. The highest BCUT2D eigenvalue weighted by atomic mass is 16.5. The number of nitrogens with zero attached hydrogens (tertiary/aromatic N) is 2. The molecule has 1 unspecified atom stereocenters. The van der Waals surface area contributed by atoms with Gasteiger partial charge in [-0.15, -0.1) is 0 Å². The van der Waals surface area contributed by atoms with Crippen molar-refractivity contribution in [1.82, 2.24) is 9.55 Å². The van der Waals surface area contributed by atoms with Gasteiger partial charge in [-0.05, 0) is 25.0 Å². The van der Waals surface area contributed by atoms with Crippen LogP contribution in [0.25, 0.3) is 28.2 Å². The molecule has 5 heteroatoms. The van der Waals surface area contributed by atoms with Crippen LogP contribution in [0.3, 0.4) is 0 Å². The molecule has 1 aromatic heterocycles. The first-order valence-electron chi connectivity index (χ1n) is 13.8. The minimum absolute atomic E-state index is 0.236. The lowest BCUT2D eigenvalue weighted by Gasteiger charge is -2.13. The smallest absolute Gasteiger partial charge is 0.306 e. The molecule has 4 aromatic rings. The molecule has 4 rings (SSSR count). The highest BCUT2D eigenvalue weighted by Gasteiger charge is 2.22. The number of carbonyl (C=O) groups is 1. The quantitative estimate of drug-likeness (QED) is 0.163. The zero-order valence-electron chi connectivity index (χ0n) is 22.3. The molecule has 0 fully saturated rings. The first-order chi connectivity index (χ1) is 18.6. The summed E-state index contributed by atoms with van der Waals surface area (Å²) < 4.78 is 8.48. The minimum atomic E-state index is -0.690.